The first-order valence-electron chi connectivity index (χ1n) is 6.12. The normalized spacial score (nSPS) is 12.6. The van der Waals surface area contributed by atoms with Gasteiger partial charge in [0, 0.05) is 29.5 Å². The third kappa shape index (κ3) is 3.86. The summed E-state index contributed by atoms with van der Waals surface area (Å²) in [7, 11) is 0. The number of hydrogen-bond donors (Lipinski definition) is 2. The maximum Gasteiger partial charge on any atom is 0.103 e. The Morgan fingerprint density at radius 2 is 2.28 bits per heavy atom. The molecule has 0 fully saturated rings. The van der Waals surface area contributed by atoms with E-state index in [-0.39, 0.29) is 0 Å². The highest BCUT2D eigenvalue weighted by Gasteiger charge is 2.04. The van der Waals surface area contributed by atoms with Gasteiger partial charge in [0.2, 0.25) is 0 Å². The zero-order valence-corrected chi connectivity index (χ0v) is 11.5. The number of nitrogens with one attached hydrogen (secondary N) is 2. The van der Waals surface area contributed by atoms with Crippen molar-refractivity contribution in [1.82, 2.24) is 15.3 Å². The van der Waals surface area contributed by atoms with Gasteiger partial charge in [-0.25, -0.2) is 4.98 Å². The van der Waals surface area contributed by atoms with Gasteiger partial charge < -0.3 is 10.3 Å². The van der Waals surface area contributed by atoms with Crippen LogP contribution in [0.2, 0.25) is 5.02 Å². The second-order valence-corrected chi connectivity index (χ2v) is 5.05. The fourth-order valence-corrected chi connectivity index (χ4v) is 2.15. The maximum absolute atomic E-state index is 5.97. The SMILES string of the molecule is Cc1ncc(CNC(C)Cc2cccc(Cl)c2)[nH]1. The van der Waals surface area contributed by atoms with Gasteiger partial charge in [0.1, 0.15) is 5.82 Å². The van der Waals surface area contributed by atoms with Gasteiger partial charge in [-0.2, -0.15) is 0 Å². The first kappa shape index (κ1) is 13.1. The van der Waals surface area contributed by atoms with E-state index in [1.807, 2.05) is 31.3 Å². The summed E-state index contributed by atoms with van der Waals surface area (Å²) in [4.78, 5) is 7.39. The van der Waals surface area contributed by atoms with Crippen LogP contribution in [0.3, 0.4) is 0 Å². The van der Waals surface area contributed by atoms with Gasteiger partial charge in [0.05, 0.1) is 0 Å². The lowest BCUT2D eigenvalue weighted by molar-refractivity contribution is 0.540. The molecule has 0 bridgehead atoms. The number of halogens is 1. The average Bonchev–Trinajstić information content (AvgIpc) is 2.73. The molecule has 0 saturated heterocycles. The quantitative estimate of drug-likeness (QED) is 0.870. The third-order valence-corrected chi connectivity index (χ3v) is 3.06. The van der Waals surface area contributed by atoms with Crippen LogP contribution in [0.25, 0.3) is 0 Å². The van der Waals surface area contributed by atoms with Gasteiger partial charge in [0.15, 0.2) is 0 Å². The molecule has 1 heterocycles. The van der Waals surface area contributed by atoms with Crippen molar-refractivity contribution in [3.63, 3.8) is 0 Å². The van der Waals surface area contributed by atoms with E-state index in [0.29, 0.717) is 6.04 Å². The molecule has 96 valence electrons. The Morgan fingerprint density at radius 1 is 1.44 bits per heavy atom. The lowest BCUT2D eigenvalue weighted by atomic mass is 10.1. The number of imidazole rings is 1. The third-order valence-electron chi connectivity index (χ3n) is 2.83. The van der Waals surface area contributed by atoms with Crippen LogP contribution in [0.1, 0.15) is 24.0 Å². The molecule has 0 aliphatic rings. The summed E-state index contributed by atoms with van der Waals surface area (Å²) in [5.41, 5.74) is 2.37. The van der Waals surface area contributed by atoms with E-state index >= 15 is 0 Å². The molecule has 3 nitrogen and oxygen atoms in total. The number of hydrogen-bond acceptors (Lipinski definition) is 2. The Kier molecular flexibility index (Phi) is 4.39. The Labute approximate surface area is 113 Å². The van der Waals surface area contributed by atoms with Crippen LogP contribution in [0, 0.1) is 6.92 Å². The molecule has 4 heteroatoms. The van der Waals surface area contributed by atoms with Crippen LogP contribution in [0.4, 0.5) is 0 Å². The summed E-state index contributed by atoms with van der Waals surface area (Å²) in [5, 5.41) is 4.26. The largest absolute Gasteiger partial charge is 0.345 e. The van der Waals surface area contributed by atoms with E-state index in [1.54, 1.807) is 0 Å². The molecule has 1 aromatic carbocycles. The van der Waals surface area contributed by atoms with Gasteiger partial charge in [-0.1, -0.05) is 23.7 Å². The minimum Gasteiger partial charge on any atom is -0.345 e. The predicted molar refractivity (Wildman–Crippen MR) is 74.8 cm³/mol. The Morgan fingerprint density at radius 3 is 2.94 bits per heavy atom. The van der Waals surface area contributed by atoms with Crippen LogP contribution >= 0.6 is 11.6 Å². The smallest absolute Gasteiger partial charge is 0.103 e. The molecule has 1 aromatic heterocycles. The van der Waals surface area contributed by atoms with E-state index in [0.717, 1.165) is 29.5 Å². The highest BCUT2D eigenvalue weighted by atomic mass is 35.5. The Bertz CT molecular complexity index is 507. The zero-order valence-electron chi connectivity index (χ0n) is 10.7. The molecule has 0 spiro atoms. The molecule has 0 amide bonds. The average molecular weight is 264 g/mol. The minimum atomic E-state index is 0.395. The van der Waals surface area contributed by atoms with Crippen molar-refractivity contribution in [3.05, 3.63) is 52.6 Å². The number of aromatic nitrogens is 2. The van der Waals surface area contributed by atoms with Crippen molar-refractivity contribution in [1.29, 1.82) is 0 Å². The predicted octanol–water partition coefficient (Wildman–Crippen LogP) is 3.09. The lowest BCUT2D eigenvalue weighted by Crippen LogP contribution is -2.27. The summed E-state index contributed by atoms with van der Waals surface area (Å²) in [5.74, 6) is 0.953. The summed E-state index contributed by atoms with van der Waals surface area (Å²) >= 11 is 5.97. The number of benzene rings is 1. The van der Waals surface area contributed by atoms with E-state index in [2.05, 4.69) is 28.3 Å². The lowest BCUT2D eigenvalue weighted by Gasteiger charge is -2.13. The number of rotatable bonds is 5. The number of H-pyrrole nitrogens is 1. The second kappa shape index (κ2) is 6.03. The van der Waals surface area contributed by atoms with Crippen molar-refractivity contribution in [2.45, 2.75) is 32.9 Å². The van der Waals surface area contributed by atoms with Crippen molar-refractivity contribution in [2.75, 3.05) is 0 Å². The molecule has 1 unspecified atom stereocenters. The molecule has 2 aromatic rings. The molecule has 0 radical (unpaired) electrons. The number of nitrogens with zero attached hydrogens (tertiary/aromatic N) is 1. The van der Waals surface area contributed by atoms with E-state index in [1.165, 1.54) is 5.56 Å². The van der Waals surface area contributed by atoms with Gasteiger partial charge in [0.25, 0.3) is 0 Å². The van der Waals surface area contributed by atoms with Crippen LogP contribution in [0.5, 0.6) is 0 Å². The monoisotopic (exact) mass is 263 g/mol. The summed E-state index contributed by atoms with van der Waals surface area (Å²) in [6.45, 7) is 4.94. The molecule has 0 aliphatic carbocycles. The van der Waals surface area contributed by atoms with Gasteiger partial charge >= 0.3 is 0 Å². The first-order valence-corrected chi connectivity index (χ1v) is 6.49. The molecular weight excluding hydrogens is 246 g/mol. The molecule has 0 saturated carbocycles. The van der Waals surface area contributed by atoms with Crippen LogP contribution in [0.15, 0.2) is 30.5 Å². The van der Waals surface area contributed by atoms with Crippen molar-refractivity contribution < 1.29 is 0 Å². The van der Waals surface area contributed by atoms with E-state index in [9.17, 15) is 0 Å². The standard InChI is InChI=1S/C14H18ClN3/c1-10(6-12-4-3-5-13(15)7-12)16-8-14-9-17-11(2)18-14/h3-5,7,9-10,16H,6,8H2,1-2H3,(H,17,18). The fraction of sp³-hybridized carbons (Fsp3) is 0.357. The van der Waals surface area contributed by atoms with Gasteiger partial charge in [-0.05, 0) is 38.0 Å². The highest BCUT2D eigenvalue weighted by molar-refractivity contribution is 6.30. The molecule has 1 atom stereocenters. The van der Waals surface area contributed by atoms with E-state index in [4.69, 9.17) is 11.6 Å². The number of aryl methyl sites for hydroxylation is 1. The molecule has 2 rings (SSSR count). The highest BCUT2D eigenvalue weighted by Crippen LogP contribution is 2.12. The van der Waals surface area contributed by atoms with Crippen LogP contribution in [-0.4, -0.2) is 16.0 Å². The molecular formula is C14H18ClN3. The maximum atomic E-state index is 5.97. The van der Waals surface area contributed by atoms with E-state index < -0.39 is 0 Å². The first-order chi connectivity index (χ1) is 8.63. The van der Waals surface area contributed by atoms with Crippen molar-refractivity contribution >= 4 is 11.6 Å². The summed E-state index contributed by atoms with van der Waals surface area (Å²) < 4.78 is 0. The summed E-state index contributed by atoms with van der Waals surface area (Å²) in [6.07, 6.45) is 2.84. The van der Waals surface area contributed by atoms with Crippen molar-refractivity contribution in [3.8, 4) is 0 Å². The molecule has 2 N–H and O–H groups in total. The molecule has 18 heavy (non-hydrogen) atoms. The fourth-order valence-electron chi connectivity index (χ4n) is 1.94. The molecule has 0 aliphatic heterocycles. The minimum absolute atomic E-state index is 0.395. The Hall–Kier alpha value is -1.32. The van der Waals surface area contributed by atoms with Crippen LogP contribution < -0.4 is 5.32 Å². The summed E-state index contributed by atoms with van der Waals surface area (Å²) in [6, 6.07) is 8.40. The Balaban J connectivity index is 1.83. The van der Waals surface area contributed by atoms with Gasteiger partial charge in [-0.15, -0.1) is 0 Å². The number of aromatic amines is 1. The topological polar surface area (TPSA) is 40.7 Å². The zero-order chi connectivity index (χ0) is 13.0. The van der Waals surface area contributed by atoms with Gasteiger partial charge in [-0.3, -0.25) is 0 Å². The van der Waals surface area contributed by atoms with Crippen LogP contribution in [-0.2, 0) is 13.0 Å². The van der Waals surface area contributed by atoms with Crippen molar-refractivity contribution in [2.24, 2.45) is 0 Å². The second-order valence-electron chi connectivity index (χ2n) is 4.61.